The monoisotopic (exact) mass is 401 g/mol. The van der Waals surface area contributed by atoms with Crippen molar-refractivity contribution in [2.75, 3.05) is 12.5 Å². The Kier molecular flexibility index (Phi) is 5.22. The van der Waals surface area contributed by atoms with E-state index in [2.05, 4.69) is 42.3 Å². The number of nitrogens with two attached hydrogens (primary N) is 1. The van der Waals surface area contributed by atoms with Crippen LogP contribution >= 0.6 is 31.9 Å². The van der Waals surface area contributed by atoms with Crippen molar-refractivity contribution in [3.05, 3.63) is 45.0 Å². The quantitative estimate of drug-likeness (QED) is 0.591. The van der Waals surface area contributed by atoms with Crippen LogP contribution in [0.2, 0.25) is 0 Å². The first-order chi connectivity index (χ1) is 9.63. The maximum Gasteiger partial charge on any atom is 0.140 e. The highest BCUT2D eigenvalue weighted by Crippen LogP contribution is 2.36. The number of methoxy groups -OCH3 is 1. The largest absolute Gasteiger partial charge is 0.496 e. The maximum absolute atomic E-state index is 5.77. The molecule has 1 heterocycles. The van der Waals surface area contributed by atoms with Gasteiger partial charge in [0, 0.05) is 6.20 Å². The zero-order valence-electron chi connectivity index (χ0n) is 10.7. The number of hydrogen-bond donors (Lipinski definition) is 2. The lowest BCUT2D eigenvalue weighted by Crippen LogP contribution is -2.09. The standard InChI is InChI=1S/C13H13Br2N3O2/c1-19-11-5-10(15)12(6-9(11)14)20-7-8-2-3-17-13(4-8)18-16/h2-6H,7,16H2,1H3,(H,17,18). The third-order valence-electron chi connectivity index (χ3n) is 2.57. The van der Waals surface area contributed by atoms with Crippen LogP contribution in [0.5, 0.6) is 11.5 Å². The van der Waals surface area contributed by atoms with Crippen LogP contribution in [0.15, 0.2) is 39.4 Å². The molecule has 106 valence electrons. The van der Waals surface area contributed by atoms with Gasteiger partial charge in [-0.1, -0.05) is 0 Å². The van der Waals surface area contributed by atoms with Gasteiger partial charge in [0.25, 0.3) is 0 Å². The normalized spacial score (nSPS) is 10.2. The van der Waals surface area contributed by atoms with Gasteiger partial charge in [-0.25, -0.2) is 10.8 Å². The van der Waals surface area contributed by atoms with E-state index in [0.29, 0.717) is 12.4 Å². The van der Waals surface area contributed by atoms with Gasteiger partial charge < -0.3 is 14.9 Å². The smallest absolute Gasteiger partial charge is 0.140 e. The highest BCUT2D eigenvalue weighted by molar-refractivity contribution is 9.11. The molecule has 1 aromatic carbocycles. The van der Waals surface area contributed by atoms with Crippen molar-refractivity contribution in [3.63, 3.8) is 0 Å². The predicted octanol–water partition coefficient (Wildman–Crippen LogP) is 3.48. The van der Waals surface area contributed by atoms with Gasteiger partial charge in [-0.2, -0.15) is 0 Å². The molecule has 0 aliphatic heterocycles. The Labute approximate surface area is 133 Å². The Morgan fingerprint density at radius 1 is 1.20 bits per heavy atom. The number of hydrazine groups is 1. The molecule has 0 atom stereocenters. The zero-order valence-corrected chi connectivity index (χ0v) is 13.9. The summed E-state index contributed by atoms with van der Waals surface area (Å²) in [4.78, 5) is 4.04. The fourth-order valence-corrected chi connectivity index (χ4v) is 2.50. The van der Waals surface area contributed by atoms with Crippen LogP contribution < -0.4 is 20.7 Å². The molecule has 0 radical (unpaired) electrons. The van der Waals surface area contributed by atoms with E-state index >= 15 is 0 Å². The molecule has 0 saturated heterocycles. The van der Waals surface area contributed by atoms with Gasteiger partial charge >= 0.3 is 0 Å². The lowest BCUT2D eigenvalue weighted by Gasteiger charge is -2.11. The van der Waals surface area contributed by atoms with Crippen molar-refractivity contribution >= 4 is 37.7 Å². The molecular formula is C13H13Br2N3O2. The summed E-state index contributed by atoms with van der Waals surface area (Å²) in [7, 11) is 1.62. The van der Waals surface area contributed by atoms with Gasteiger partial charge in [-0.15, -0.1) is 0 Å². The van der Waals surface area contributed by atoms with Gasteiger partial charge in [0.2, 0.25) is 0 Å². The SMILES string of the molecule is COc1cc(Br)c(OCc2ccnc(NN)c2)cc1Br. The Balaban J connectivity index is 2.12. The summed E-state index contributed by atoms with van der Waals surface area (Å²) in [5, 5.41) is 0. The molecule has 0 saturated carbocycles. The molecule has 2 aromatic rings. The minimum absolute atomic E-state index is 0.411. The third kappa shape index (κ3) is 3.62. The van der Waals surface area contributed by atoms with E-state index < -0.39 is 0 Å². The van der Waals surface area contributed by atoms with E-state index in [0.717, 1.165) is 26.0 Å². The fraction of sp³-hybridized carbons (Fsp3) is 0.154. The van der Waals surface area contributed by atoms with Gasteiger partial charge in [-0.05, 0) is 61.7 Å². The van der Waals surface area contributed by atoms with E-state index in [9.17, 15) is 0 Å². The molecule has 5 nitrogen and oxygen atoms in total. The van der Waals surface area contributed by atoms with Gasteiger partial charge in [0.1, 0.15) is 23.9 Å². The number of benzene rings is 1. The number of ether oxygens (including phenoxy) is 2. The first kappa shape index (κ1) is 15.1. The Bertz CT molecular complexity index is 608. The molecule has 0 spiro atoms. The average Bonchev–Trinajstić information content (AvgIpc) is 2.48. The van der Waals surface area contributed by atoms with E-state index in [1.807, 2.05) is 24.3 Å². The number of halogens is 2. The molecule has 2 rings (SSSR count). The molecule has 20 heavy (non-hydrogen) atoms. The van der Waals surface area contributed by atoms with Gasteiger partial charge in [-0.3, -0.25) is 0 Å². The van der Waals surface area contributed by atoms with E-state index in [1.165, 1.54) is 0 Å². The number of nitrogens with zero attached hydrogens (tertiary/aromatic N) is 1. The van der Waals surface area contributed by atoms with Crippen LogP contribution in [0, 0.1) is 0 Å². The number of rotatable bonds is 5. The second-order valence-corrected chi connectivity index (χ2v) is 5.61. The van der Waals surface area contributed by atoms with Gasteiger partial charge in [0.15, 0.2) is 0 Å². The van der Waals surface area contributed by atoms with Crippen molar-refractivity contribution in [1.82, 2.24) is 4.98 Å². The lowest BCUT2D eigenvalue weighted by molar-refractivity contribution is 0.303. The lowest BCUT2D eigenvalue weighted by atomic mass is 10.3. The molecule has 0 aliphatic rings. The topological polar surface area (TPSA) is 69.4 Å². The number of anilines is 1. The number of nitrogens with one attached hydrogen (secondary N) is 1. The molecule has 7 heteroatoms. The number of nitrogen functional groups attached to an aromatic ring is 1. The highest BCUT2D eigenvalue weighted by atomic mass is 79.9. The van der Waals surface area contributed by atoms with E-state index in [4.69, 9.17) is 15.3 Å². The van der Waals surface area contributed by atoms with Crippen molar-refractivity contribution in [2.45, 2.75) is 6.61 Å². The molecular weight excluding hydrogens is 390 g/mol. The van der Waals surface area contributed by atoms with Crippen molar-refractivity contribution in [1.29, 1.82) is 0 Å². The van der Waals surface area contributed by atoms with Crippen LogP contribution in [-0.2, 0) is 6.61 Å². The number of hydrogen-bond acceptors (Lipinski definition) is 5. The predicted molar refractivity (Wildman–Crippen MR) is 84.8 cm³/mol. The molecule has 0 amide bonds. The molecule has 0 bridgehead atoms. The zero-order chi connectivity index (χ0) is 14.5. The van der Waals surface area contributed by atoms with Crippen LogP contribution in [0.3, 0.4) is 0 Å². The maximum atomic E-state index is 5.77. The molecule has 1 aromatic heterocycles. The number of aromatic nitrogens is 1. The average molecular weight is 403 g/mol. The highest BCUT2D eigenvalue weighted by Gasteiger charge is 2.08. The molecule has 0 unspecified atom stereocenters. The summed E-state index contributed by atoms with van der Waals surface area (Å²) in [5.74, 6) is 7.38. The first-order valence-electron chi connectivity index (χ1n) is 5.71. The fourth-order valence-electron chi connectivity index (χ4n) is 1.58. The van der Waals surface area contributed by atoms with E-state index in [1.54, 1.807) is 13.3 Å². The van der Waals surface area contributed by atoms with Gasteiger partial charge in [0.05, 0.1) is 16.1 Å². The van der Waals surface area contributed by atoms with Crippen molar-refractivity contribution in [3.8, 4) is 11.5 Å². The van der Waals surface area contributed by atoms with Crippen LogP contribution in [-0.4, -0.2) is 12.1 Å². The molecule has 3 N–H and O–H groups in total. The molecule has 0 fully saturated rings. The first-order valence-corrected chi connectivity index (χ1v) is 7.30. The summed E-state index contributed by atoms with van der Waals surface area (Å²) >= 11 is 6.88. The summed E-state index contributed by atoms with van der Waals surface area (Å²) < 4.78 is 12.6. The van der Waals surface area contributed by atoms with Crippen LogP contribution in [0.4, 0.5) is 5.82 Å². The van der Waals surface area contributed by atoms with Crippen molar-refractivity contribution < 1.29 is 9.47 Å². The van der Waals surface area contributed by atoms with E-state index in [-0.39, 0.29) is 0 Å². The van der Waals surface area contributed by atoms with Crippen LogP contribution in [0.1, 0.15) is 5.56 Å². The summed E-state index contributed by atoms with van der Waals surface area (Å²) in [6, 6.07) is 7.39. The number of pyridine rings is 1. The third-order valence-corrected chi connectivity index (χ3v) is 3.81. The summed E-state index contributed by atoms with van der Waals surface area (Å²) in [6.45, 7) is 0.411. The van der Waals surface area contributed by atoms with Crippen molar-refractivity contribution in [2.24, 2.45) is 5.84 Å². The summed E-state index contributed by atoms with van der Waals surface area (Å²) in [6.07, 6.45) is 1.67. The minimum Gasteiger partial charge on any atom is -0.496 e. The summed E-state index contributed by atoms with van der Waals surface area (Å²) in [5.41, 5.74) is 3.47. The Hall–Kier alpha value is -1.31. The second-order valence-electron chi connectivity index (χ2n) is 3.90. The van der Waals surface area contributed by atoms with Crippen LogP contribution in [0.25, 0.3) is 0 Å². The Morgan fingerprint density at radius 3 is 2.60 bits per heavy atom. The second kappa shape index (κ2) is 6.92. The Morgan fingerprint density at radius 2 is 1.90 bits per heavy atom. The minimum atomic E-state index is 0.411. The molecule has 0 aliphatic carbocycles.